The number of rotatable bonds is 4. The normalized spacial score (nSPS) is 21.0. The van der Waals surface area contributed by atoms with Crippen LogP contribution in [0.5, 0.6) is 0 Å². The van der Waals surface area contributed by atoms with Gasteiger partial charge >= 0.3 is 0 Å². The van der Waals surface area contributed by atoms with Crippen LogP contribution in [0.3, 0.4) is 0 Å². The second-order valence-electron chi connectivity index (χ2n) is 4.08. The number of hydrogen-bond donors (Lipinski definition) is 1. The van der Waals surface area contributed by atoms with Gasteiger partial charge in [0, 0.05) is 13.1 Å². The summed E-state index contributed by atoms with van der Waals surface area (Å²) < 4.78 is 5.59. The van der Waals surface area contributed by atoms with Gasteiger partial charge in [0.25, 0.3) is 0 Å². The van der Waals surface area contributed by atoms with Gasteiger partial charge in [0.05, 0.1) is 12.2 Å². The van der Waals surface area contributed by atoms with E-state index in [1.165, 1.54) is 0 Å². The highest BCUT2D eigenvalue weighted by molar-refractivity contribution is 5.96. The van der Waals surface area contributed by atoms with Gasteiger partial charge in [-0.1, -0.05) is 0 Å². The first kappa shape index (κ1) is 12.0. The highest BCUT2D eigenvalue weighted by Crippen LogP contribution is 2.15. The first-order valence-corrected chi connectivity index (χ1v) is 5.20. The molecule has 0 bridgehead atoms. The van der Waals surface area contributed by atoms with Crippen molar-refractivity contribution in [1.82, 2.24) is 4.90 Å². The number of carbonyl (C=O) groups is 2. The van der Waals surface area contributed by atoms with Crippen molar-refractivity contribution in [2.45, 2.75) is 38.9 Å². The molecule has 5 nitrogen and oxygen atoms in total. The Hall–Kier alpha value is -1.10. The Bertz CT molecular complexity index is 253. The van der Waals surface area contributed by atoms with Crippen molar-refractivity contribution in [1.29, 1.82) is 0 Å². The number of primary amides is 1. The lowest BCUT2D eigenvalue weighted by atomic mass is 10.3. The summed E-state index contributed by atoms with van der Waals surface area (Å²) in [7, 11) is 0. The van der Waals surface area contributed by atoms with E-state index >= 15 is 0 Å². The van der Waals surface area contributed by atoms with Crippen molar-refractivity contribution in [3.63, 3.8) is 0 Å². The molecule has 0 saturated carbocycles. The maximum atomic E-state index is 11.5. The van der Waals surface area contributed by atoms with Crippen LogP contribution in [0, 0.1) is 0 Å². The van der Waals surface area contributed by atoms with Crippen molar-refractivity contribution in [3.8, 4) is 0 Å². The number of ether oxygens (including phenoxy) is 1. The number of likely N-dealkylation sites (tertiary alicyclic amines) is 1. The molecule has 0 radical (unpaired) electrons. The van der Waals surface area contributed by atoms with Crippen LogP contribution in [0.4, 0.5) is 0 Å². The van der Waals surface area contributed by atoms with Gasteiger partial charge < -0.3 is 15.4 Å². The number of nitrogens with zero attached hydrogens (tertiary/aromatic N) is 1. The Kier molecular flexibility index (Phi) is 4.08. The Morgan fingerprint density at radius 2 is 2.20 bits per heavy atom. The summed E-state index contributed by atoms with van der Waals surface area (Å²) in [5, 5.41) is 0. The lowest BCUT2D eigenvalue weighted by Gasteiger charge is -2.17. The van der Waals surface area contributed by atoms with Crippen LogP contribution >= 0.6 is 0 Å². The van der Waals surface area contributed by atoms with Crippen LogP contribution in [0.2, 0.25) is 0 Å². The first-order valence-electron chi connectivity index (χ1n) is 5.20. The maximum Gasteiger partial charge on any atom is 0.232 e. The highest BCUT2D eigenvalue weighted by Gasteiger charge is 2.27. The molecule has 1 fully saturated rings. The predicted octanol–water partition coefficient (Wildman–Crippen LogP) is -0.112. The van der Waals surface area contributed by atoms with Gasteiger partial charge in [-0.3, -0.25) is 9.59 Å². The lowest BCUT2D eigenvalue weighted by molar-refractivity contribution is -0.134. The van der Waals surface area contributed by atoms with E-state index in [4.69, 9.17) is 10.5 Å². The second kappa shape index (κ2) is 5.11. The largest absolute Gasteiger partial charge is 0.374 e. The van der Waals surface area contributed by atoms with Crippen LogP contribution in [-0.2, 0) is 14.3 Å². The molecule has 1 atom stereocenters. The number of nitrogens with two attached hydrogens (primary N) is 1. The van der Waals surface area contributed by atoms with E-state index in [0.717, 1.165) is 6.42 Å². The average molecular weight is 214 g/mol. The summed E-state index contributed by atoms with van der Waals surface area (Å²) in [4.78, 5) is 23.7. The summed E-state index contributed by atoms with van der Waals surface area (Å²) in [6.07, 6.45) is 0.903. The van der Waals surface area contributed by atoms with E-state index < -0.39 is 5.91 Å². The molecule has 1 unspecified atom stereocenters. The third kappa shape index (κ3) is 3.87. The van der Waals surface area contributed by atoms with Crippen LogP contribution in [0.1, 0.15) is 26.7 Å². The monoisotopic (exact) mass is 214 g/mol. The van der Waals surface area contributed by atoms with Crippen LogP contribution < -0.4 is 5.73 Å². The minimum Gasteiger partial charge on any atom is -0.374 e. The van der Waals surface area contributed by atoms with Crippen LogP contribution in [-0.4, -0.2) is 42.0 Å². The molecule has 0 spiro atoms. The van der Waals surface area contributed by atoms with Crippen molar-refractivity contribution in [2.75, 3.05) is 13.1 Å². The van der Waals surface area contributed by atoms with Gasteiger partial charge in [-0.25, -0.2) is 0 Å². The lowest BCUT2D eigenvalue weighted by Crippen LogP contribution is -2.33. The summed E-state index contributed by atoms with van der Waals surface area (Å²) in [6, 6.07) is 0. The molecule has 86 valence electrons. The van der Waals surface area contributed by atoms with Gasteiger partial charge in [-0.2, -0.15) is 0 Å². The van der Waals surface area contributed by atoms with Crippen LogP contribution in [0.15, 0.2) is 0 Å². The quantitative estimate of drug-likeness (QED) is 0.663. The van der Waals surface area contributed by atoms with E-state index in [1.807, 2.05) is 13.8 Å². The molecule has 15 heavy (non-hydrogen) atoms. The van der Waals surface area contributed by atoms with E-state index in [1.54, 1.807) is 4.90 Å². The molecule has 1 aliphatic rings. The van der Waals surface area contributed by atoms with Crippen molar-refractivity contribution >= 4 is 11.8 Å². The van der Waals surface area contributed by atoms with E-state index in [-0.39, 0.29) is 24.5 Å². The van der Waals surface area contributed by atoms with Crippen molar-refractivity contribution in [2.24, 2.45) is 5.73 Å². The van der Waals surface area contributed by atoms with Gasteiger partial charge in [0.15, 0.2) is 0 Å². The molecule has 0 aromatic carbocycles. The standard InChI is InChI=1S/C10H18N2O3/c1-7(2)15-8-3-4-12(6-8)10(14)5-9(11)13/h7-8H,3-6H2,1-2H3,(H2,11,13). The third-order valence-corrected chi connectivity index (χ3v) is 2.29. The van der Waals surface area contributed by atoms with E-state index in [0.29, 0.717) is 13.1 Å². The smallest absolute Gasteiger partial charge is 0.232 e. The zero-order valence-electron chi connectivity index (χ0n) is 9.23. The topological polar surface area (TPSA) is 72.6 Å². The molecule has 1 rings (SSSR count). The minimum atomic E-state index is -0.576. The molecule has 0 aliphatic carbocycles. The Morgan fingerprint density at radius 1 is 1.53 bits per heavy atom. The summed E-state index contributed by atoms with van der Waals surface area (Å²) in [5.74, 6) is -0.773. The van der Waals surface area contributed by atoms with Crippen molar-refractivity contribution < 1.29 is 14.3 Å². The molecule has 0 aromatic rings. The number of hydrogen-bond acceptors (Lipinski definition) is 3. The molecule has 1 saturated heterocycles. The average Bonchev–Trinajstić information content (AvgIpc) is 2.50. The van der Waals surface area contributed by atoms with Crippen molar-refractivity contribution in [3.05, 3.63) is 0 Å². The summed E-state index contributed by atoms with van der Waals surface area (Å²) in [6.45, 7) is 5.16. The Morgan fingerprint density at radius 3 is 2.73 bits per heavy atom. The molecular weight excluding hydrogens is 196 g/mol. The molecule has 2 N–H and O–H groups in total. The minimum absolute atomic E-state index is 0.0989. The molecule has 0 aromatic heterocycles. The number of carbonyl (C=O) groups excluding carboxylic acids is 2. The molecule has 1 heterocycles. The third-order valence-electron chi connectivity index (χ3n) is 2.29. The molecular formula is C10H18N2O3. The molecule has 5 heteroatoms. The highest BCUT2D eigenvalue weighted by atomic mass is 16.5. The Labute approximate surface area is 89.6 Å². The second-order valence-corrected chi connectivity index (χ2v) is 4.08. The first-order chi connectivity index (χ1) is 6.99. The van der Waals surface area contributed by atoms with E-state index in [9.17, 15) is 9.59 Å². The maximum absolute atomic E-state index is 11.5. The molecule has 2 amide bonds. The van der Waals surface area contributed by atoms with Gasteiger partial charge in [0.1, 0.15) is 6.42 Å². The fraction of sp³-hybridized carbons (Fsp3) is 0.800. The number of amides is 2. The fourth-order valence-electron chi connectivity index (χ4n) is 1.71. The predicted molar refractivity (Wildman–Crippen MR) is 55.0 cm³/mol. The zero-order chi connectivity index (χ0) is 11.4. The summed E-state index contributed by atoms with van der Waals surface area (Å²) >= 11 is 0. The SMILES string of the molecule is CC(C)OC1CCN(C(=O)CC(N)=O)C1. The van der Waals surface area contributed by atoms with Gasteiger partial charge in [-0.05, 0) is 20.3 Å². The van der Waals surface area contributed by atoms with Gasteiger partial charge in [0.2, 0.25) is 11.8 Å². The van der Waals surface area contributed by atoms with Gasteiger partial charge in [-0.15, -0.1) is 0 Å². The Balaban J connectivity index is 2.35. The fourth-order valence-corrected chi connectivity index (χ4v) is 1.71. The van der Waals surface area contributed by atoms with E-state index in [2.05, 4.69) is 0 Å². The summed E-state index contributed by atoms with van der Waals surface area (Å²) in [5.41, 5.74) is 4.96. The van der Waals surface area contributed by atoms with Crippen LogP contribution in [0.25, 0.3) is 0 Å². The molecule has 1 aliphatic heterocycles. The zero-order valence-corrected chi connectivity index (χ0v) is 9.23.